The quantitative estimate of drug-likeness (QED) is 0.612. The van der Waals surface area contributed by atoms with Crippen molar-refractivity contribution in [3.05, 3.63) is 0 Å². The third kappa shape index (κ3) is 0.838. The summed E-state index contributed by atoms with van der Waals surface area (Å²) in [6.45, 7) is 7.26. The minimum Gasteiger partial charge on any atom is -0.154 e. The molecule has 2 unspecified atom stereocenters. The molecule has 0 radical (unpaired) electrons. The predicted octanol–water partition coefficient (Wildman–Crippen LogP) is 3.32. The van der Waals surface area contributed by atoms with Crippen LogP contribution in [0, 0.1) is 11.3 Å². The number of hydrogen-bond donors (Lipinski definition) is 0. The average Bonchev–Trinajstić information content (AvgIpc) is 2.80. The van der Waals surface area contributed by atoms with Crippen LogP contribution >= 0.6 is 11.8 Å². The number of rotatable bonds is 2. The highest BCUT2D eigenvalue weighted by Crippen LogP contribution is 2.71. The van der Waals surface area contributed by atoms with Crippen LogP contribution in [0.25, 0.3) is 0 Å². The van der Waals surface area contributed by atoms with Crippen LogP contribution in [0.3, 0.4) is 0 Å². The van der Waals surface area contributed by atoms with E-state index in [0.717, 1.165) is 10.7 Å². The van der Waals surface area contributed by atoms with Crippen LogP contribution in [0.1, 0.15) is 40.0 Å². The SMILES string of the molecule is CCC(C)C1(C)CSC12CC2. The first-order valence-electron chi connectivity index (χ1n) is 4.78. The summed E-state index contributed by atoms with van der Waals surface area (Å²) in [4.78, 5) is 0. The molecule has 1 aliphatic heterocycles. The zero-order valence-corrected chi connectivity index (χ0v) is 8.63. The van der Waals surface area contributed by atoms with Gasteiger partial charge in [0.1, 0.15) is 0 Å². The predicted molar refractivity (Wildman–Crippen MR) is 52.0 cm³/mol. The van der Waals surface area contributed by atoms with Gasteiger partial charge >= 0.3 is 0 Å². The first kappa shape index (κ1) is 7.97. The molecule has 1 saturated carbocycles. The highest BCUT2D eigenvalue weighted by molar-refractivity contribution is 8.02. The Bertz CT molecular complexity index is 172. The molecule has 1 heteroatoms. The zero-order valence-electron chi connectivity index (χ0n) is 7.81. The van der Waals surface area contributed by atoms with Crippen LogP contribution in [0.5, 0.6) is 0 Å². The third-order valence-electron chi connectivity index (χ3n) is 4.09. The first-order chi connectivity index (χ1) is 5.15. The van der Waals surface area contributed by atoms with Gasteiger partial charge in [-0.05, 0) is 24.2 Å². The van der Waals surface area contributed by atoms with E-state index in [1.807, 2.05) is 0 Å². The van der Waals surface area contributed by atoms with Gasteiger partial charge in [0, 0.05) is 10.5 Å². The molecular weight excluding hydrogens is 152 g/mol. The van der Waals surface area contributed by atoms with Crippen molar-refractivity contribution >= 4 is 11.8 Å². The molecule has 0 aromatic carbocycles. The van der Waals surface area contributed by atoms with Gasteiger partial charge in [-0.15, -0.1) is 0 Å². The first-order valence-corrected chi connectivity index (χ1v) is 5.77. The summed E-state index contributed by atoms with van der Waals surface area (Å²) in [5, 5.41) is 0. The molecule has 1 aliphatic carbocycles. The summed E-state index contributed by atoms with van der Waals surface area (Å²) in [5.41, 5.74) is 0.701. The van der Waals surface area contributed by atoms with E-state index in [0.29, 0.717) is 5.41 Å². The molecule has 1 spiro atoms. The lowest BCUT2D eigenvalue weighted by Gasteiger charge is -2.51. The molecule has 2 fully saturated rings. The maximum absolute atomic E-state index is 2.50. The fraction of sp³-hybridized carbons (Fsp3) is 1.00. The van der Waals surface area contributed by atoms with E-state index >= 15 is 0 Å². The average molecular weight is 170 g/mol. The Morgan fingerprint density at radius 2 is 2.09 bits per heavy atom. The van der Waals surface area contributed by atoms with Gasteiger partial charge in [-0.2, -0.15) is 11.8 Å². The molecule has 0 aromatic rings. The van der Waals surface area contributed by atoms with Gasteiger partial charge in [-0.25, -0.2) is 0 Å². The summed E-state index contributed by atoms with van der Waals surface area (Å²) in [7, 11) is 0. The molecule has 2 aliphatic rings. The molecule has 64 valence electrons. The lowest BCUT2D eigenvalue weighted by Crippen LogP contribution is -2.48. The van der Waals surface area contributed by atoms with Crippen LogP contribution in [0.15, 0.2) is 0 Å². The van der Waals surface area contributed by atoms with Gasteiger partial charge in [0.15, 0.2) is 0 Å². The Hall–Kier alpha value is 0.350. The molecular formula is C10H18S. The zero-order chi connectivity index (χ0) is 8.11. The Labute approximate surface area is 74.1 Å². The summed E-state index contributed by atoms with van der Waals surface area (Å²) in [6.07, 6.45) is 4.36. The number of hydrogen-bond acceptors (Lipinski definition) is 1. The molecule has 0 bridgehead atoms. The van der Waals surface area contributed by atoms with Crippen molar-refractivity contribution in [2.24, 2.45) is 11.3 Å². The van der Waals surface area contributed by atoms with Gasteiger partial charge in [0.05, 0.1) is 0 Å². The van der Waals surface area contributed by atoms with Gasteiger partial charge < -0.3 is 0 Å². The summed E-state index contributed by atoms with van der Waals surface area (Å²) >= 11 is 2.22. The normalized spacial score (nSPS) is 41.7. The maximum atomic E-state index is 2.50. The lowest BCUT2D eigenvalue weighted by molar-refractivity contribution is 0.190. The topological polar surface area (TPSA) is 0 Å². The van der Waals surface area contributed by atoms with E-state index in [1.54, 1.807) is 0 Å². The van der Waals surface area contributed by atoms with Gasteiger partial charge in [0.25, 0.3) is 0 Å². The van der Waals surface area contributed by atoms with Crippen molar-refractivity contribution in [2.45, 2.75) is 44.8 Å². The fourth-order valence-corrected chi connectivity index (χ4v) is 4.26. The minimum atomic E-state index is 0.701. The summed E-state index contributed by atoms with van der Waals surface area (Å²) in [5.74, 6) is 2.35. The van der Waals surface area contributed by atoms with Crippen molar-refractivity contribution in [3.63, 3.8) is 0 Å². The molecule has 0 aromatic heterocycles. The van der Waals surface area contributed by atoms with E-state index in [2.05, 4.69) is 32.5 Å². The van der Waals surface area contributed by atoms with Crippen molar-refractivity contribution < 1.29 is 0 Å². The van der Waals surface area contributed by atoms with E-state index in [9.17, 15) is 0 Å². The molecule has 1 heterocycles. The fourth-order valence-electron chi connectivity index (χ4n) is 2.37. The second kappa shape index (κ2) is 2.18. The second-order valence-electron chi connectivity index (χ2n) is 4.51. The smallest absolute Gasteiger partial charge is 0.0225 e. The van der Waals surface area contributed by atoms with E-state index in [-0.39, 0.29) is 0 Å². The monoisotopic (exact) mass is 170 g/mol. The molecule has 0 nitrogen and oxygen atoms in total. The maximum Gasteiger partial charge on any atom is 0.0225 e. The molecule has 1 saturated heterocycles. The molecule has 2 rings (SSSR count). The van der Waals surface area contributed by atoms with Crippen LogP contribution in [-0.2, 0) is 0 Å². The van der Waals surface area contributed by atoms with E-state index in [1.165, 1.54) is 25.0 Å². The molecule has 0 N–H and O–H groups in total. The number of thioether (sulfide) groups is 1. The minimum absolute atomic E-state index is 0.701. The highest BCUT2D eigenvalue weighted by Gasteiger charge is 2.65. The van der Waals surface area contributed by atoms with E-state index in [4.69, 9.17) is 0 Å². The highest BCUT2D eigenvalue weighted by atomic mass is 32.2. The van der Waals surface area contributed by atoms with E-state index < -0.39 is 0 Å². The third-order valence-corrected chi connectivity index (χ3v) is 6.26. The van der Waals surface area contributed by atoms with Crippen LogP contribution in [0.2, 0.25) is 0 Å². The van der Waals surface area contributed by atoms with Crippen molar-refractivity contribution in [3.8, 4) is 0 Å². The Morgan fingerprint density at radius 1 is 1.45 bits per heavy atom. The van der Waals surface area contributed by atoms with Crippen LogP contribution in [0.4, 0.5) is 0 Å². The Kier molecular flexibility index (Phi) is 1.58. The van der Waals surface area contributed by atoms with Gasteiger partial charge in [-0.1, -0.05) is 27.2 Å². The second-order valence-corrected chi connectivity index (χ2v) is 5.87. The van der Waals surface area contributed by atoms with Crippen molar-refractivity contribution in [2.75, 3.05) is 5.75 Å². The molecule has 2 atom stereocenters. The Morgan fingerprint density at radius 3 is 2.36 bits per heavy atom. The molecule has 0 amide bonds. The summed E-state index contributed by atoms with van der Waals surface area (Å²) < 4.78 is 0.766. The summed E-state index contributed by atoms with van der Waals surface area (Å²) in [6, 6.07) is 0. The van der Waals surface area contributed by atoms with Crippen LogP contribution < -0.4 is 0 Å². The van der Waals surface area contributed by atoms with Gasteiger partial charge in [0.2, 0.25) is 0 Å². The largest absolute Gasteiger partial charge is 0.154 e. The standard InChI is InChI=1S/C10H18S/c1-4-8(2)9(3)7-11-10(9)5-6-10/h8H,4-7H2,1-3H3. The van der Waals surface area contributed by atoms with Crippen molar-refractivity contribution in [1.82, 2.24) is 0 Å². The van der Waals surface area contributed by atoms with Crippen LogP contribution in [-0.4, -0.2) is 10.5 Å². The van der Waals surface area contributed by atoms with Crippen molar-refractivity contribution in [1.29, 1.82) is 0 Å². The Balaban J connectivity index is 2.10. The van der Waals surface area contributed by atoms with Gasteiger partial charge in [-0.3, -0.25) is 0 Å². The lowest BCUT2D eigenvalue weighted by atomic mass is 9.73. The molecule has 11 heavy (non-hydrogen) atoms.